The average Bonchev–Trinajstić information content (AvgIpc) is 2.87. The van der Waals surface area contributed by atoms with Crippen molar-refractivity contribution in [3.63, 3.8) is 0 Å². The number of ether oxygens (including phenoxy) is 1. The van der Waals surface area contributed by atoms with Crippen LogP contribution in [0, 0.1) is 29.4 Å². The molecule has 0 N–H and O–H groups in total. The topological polar surface area (TPSA) is 34.0 Å². The number of hydrogen-bond acceptors (Lipinski definition) is 3. The van der Waals surface area contributed by atoms with Crippen molar-refractivity contribution in [3.05, 3.63) is 88.5 Å². The summed E-state index contributed by atoms with van der Waals surface area (Å²) < 4.78 is 35.3. The van der Waals surface area contributed by atoms with Crippen LogP contribution in [-0.2, 0) is 12.8 Å². The molecule has 5 heteroatoms. The number of hydrogen-bond donors (Lipinski definition) is 0. The summed E-state index contributed by atoms with van der Waals surface area (Å²) in [5, 5.41) is 8.45. The Morgan fingerprint density at radius 2 is 1.63 bits per heavy atom. The Morgan fingerprint density at radius 1 is 0.943 bits per heavy atom. The molecule has 0 radical (unpaired) electrons. The molecular weight excluding hydrogens is 442 g/mol. The van der Waals surface area contributed by atoms with Gasteiger partial charge >= 0.3 is 0 Å². The van der Waals surface area contributed by atoms with Crippen molar-refractivity contribution in [3.8, 4) is 17.6 Å². The first-order valence-electron chi connectivity index (χ1n) is 12.3. The van der Waals surface area contributed by atoms with E-state index in [2.05, 4.69) is 29.0 Å². The lowest BCUT2D eigenvalue weighted by Crippen LogP contribution is -2.17. The molecule has 0 bridgehead atoms. The number of rotatable bonds is 7. The zero-order valence-corrected chi connectivity index (χ0v) is 20.3. The van der Waals surface area contributed by atoms with Crippen LogP contribution < -0.4 is 4.74 Å². The molecule has 0 spiro atoms. The molecule has 35 heavy (non-hydrogen) atoms. The minimum absolute atomic E-state index is 0.143. The van der Waals surface area contributed by atoms with E-state index in [4.69, 9.17) is 4.74 Å². The maximum Gasteiger partial charge on any atom is 0.145 e. The van der Waals surface area contributed by atoms with Gasteiger partial charge in [-0.2, -0.15) is 10.2 Å². The van der Waals surface area contributed by atoms with E-state index in [1.807, 2.05) is 31.2 Å². The quantitative estimate of drug-likeness (QED) is 0.251. The third-order valence-corrected chi connectivity index (χ3v) is 6.32. The predicted molar refractivity (Wildman–Crippen MR) is 136 cm³/mol. The van der Waals surface area contributed by atoms with Gasteiger partial charge in [-0.25, -0.2) is 8.78 Å². The first kappa shape index (κ1) is 24.6. The highest BCUT2D eigenvalue weighted by molar-refractivity contribution is 5.50. The molecule has 0 saturated heterocycles. The number of halogens is 2. The second kappa shape index (κ2) is 11.8. The lowest BCUT2D eigenvalue weighted by atomic mass is 9.80. The van der Waals surface area contributed by atoms with Gasteiger partial charge in [0.2, 0.25) is 0 Å². The Labute approximate surface area is 206 Å². The number of nitrogens with zero attached hydrogens (tertiary/aromatic N) is 2. The van der Waals surface area contributed by atoms with Crippen molar-refractivity contribution in [2.75, 3.05) is 6.61 Å². The normalized spacial score (nSPS) is 14.9. The Balaban J connectivity index is 1.45. The molecule has 1 aliphatic carbocycles. The van der Waals surface area contributed by atoms with Crippen molar-refractivity contribution in [1.82, 2.24) is 0 Å². The van der Waals surface area contributed by atoms with Crippen LogP contribution in [-0.4, -0.2) is 6.61 Å². The van der Waals surface area contributed by atoms with E-state index in [1.165, 1.54) is 6.07 Å². The van der Waals surface area contributed by atoms with Crippen LogP contribution in [0.4, 0.5) is 20.2 Å². The van der Waals surface area contributed by atoms with Gasteiger partial charge in [0.1, 0.15) is 17.4 Å². The SMILES string of the molecule is CCCCC1CCc2c(cc(F)c(C#Cc3ccc(N=Nc4ccc(OCC)cc4)cc3)c2F)C1. The van der Waals surface area contributed by atoms with E-state index in [0.717, 1.165) is 43.4 Å². The van der Waals surface area contributed by atoms with E-state index in [9.17, 15) is 4.39 Å². The molecule has 0 aliphatic heterocycles. The molecule has 0 saturated carbocycles. The smallest absolute Gasteiger partial charge is 0.145 e. The molecule has 4 rings (SSSR count). The summed E-state index contributed by atoms with van der Waals surface area (Å²) in [5.74, 6) is 5.84. The molecule has 0 heterocycles. The number of unbranched alkanes of at least 4 members (excludes halogenated alkanes) is 1. The molecule has 1 unspecified atom stereocenters. The van der Waals surface area contributed by atoms with E-state index in [0.29, 0.717) is 41.4 Å². The molecule has 3 nitrogen and oxygen atoms in total. The largest absolute Gasteiger partial charge is 0.494 e. The number of fused-ring (bicyclic) bond motifs is 1. The van der Waals surface area contributed by atoms with Crippen molar-refractivity contribution >= 4 is 11.4 Å². The highest BCUT2D eigenvalue weighted by Crippen LogP contribution is 2.32. The summed E-state index contributed by atoms with van der Waals surface area (Å²) in [6.07, 6.45) is 5.79. The van der Waals surface area contributed by atoms with Crippen molar-refractivity contribution in [1.29, 1.82) is 0 Å². The Hall–Kier alpha value is -3.52. The summed E-state index contributed by atoms with van der Waals surface area (Å²) >= 11 is 0. The summed E-state index contributed by atoms with van der Waals surface area (Å²) in [6.45, 7) is 4.72. The third-order valence-electron chi connectivity index (χ3n) is 6.32. The fourth-order valence-electron chi connectivity index (χ4n) is 4.41. The van der Waals surface area contributed by atoms with Crippen LogP contribution in [0.5, 0.6) is 5.75 Å². The van der Waals surface area contributed by atoms with E-state index in [-0.39, 0.29) is 5.56 Å². The van der Waals surface area contributed by atoms with Crippen molar-refractivity contribution in [2.24, 2.45) is 16.1 Å². The first-order valence-corrected chi connectivity index (χ1v) is 12.3. The van der Waals surface area contributed by atoms with Crippen molar-refractivity contribution < 1.29 is 13.5 Å². The monoisotopic (exact) mass is 472 g/mol. The van der Waals surface area contributed by atoms with Gasteiger partial charge in [0.15, 0.2) is 0 Å². The van der Waals surface area contributed by atoms with Crippen LogP contribution in [0.25, 0.3) is 0 Å². The lowest BCUT2D eigenvalue weighted by Gasteiger charge is -2.25. The zero-order chi connectivity index (χ0) is 24.6. The van der Waals surface area contributed by atoms with Gasteiger partial charge in [-0.3, -0.25) is 0 Å². The molecule has 3 aromatic rings. The average molecular weight is 473 g/mol. The molecule has 0 fully saturated rings. The zero-order valence-electron chi connectivity index (χ0n) is 20.3. The molecule has 1 aliphatic rings. The maximum absolute atomic E-state index is 15.1. The van der Waals surface area contributed by atoms with Crippen LogP contribution in [0.2, 0.25) is 0 Å². The number of benzene rings is 3. The fraction of sp³-hybridized carbons (Fsp3) is 0.333. The van der Waals surface area contributed by atoms with Crippen molar-refractivity contribution in [2.45, 2.75) is 52.4 Å². The van der Waals surface area contributed by atoms with Crippen LogP contribution in [0.15, 0.2) is 64.8 Å². The van der Waals surface area contributed by atoms with E-state index in [1.54, 1.807) is 24.3 Å². The van der Waals surface area contributed by atoms with Crippen LogP contribution >= 0.6 is 0 Å². The lowest BCUT2D eigenvalue weighted by molar-refractivity contribution is 0.340. The molecule has 1 atom stereocenters. The van der Waals surface area contributed by atoms with E-state index >= 15 is 4.39 Å². The Kier molecular flexibility index (Phi) is 8.26. The second-order valence-electron chi connectivity index (χ2n) is 8.86. The summed E-state index contributed by atoms with van der Waals surface area (Å²) in [7, 11) is 0. The minimum atomic E-state index is -0.578. The van der Waals surface area contributed by atoms with Gasteiger partial charge in [-0.1, -0.05) is 38.0 Å². The fourth-order valence-corrected chi connectivity index (χ4v) is 4.41. The molecule has 0 amide bonds. The second-order valence-corrected chi connectivity index (χ2v) is 8.86. The predicted octanol–water partition coefficient (Wildman–Crippen LogP) is 8.47. The van der Waals surface area contributed by atoms with Crippen LogP contribution in [0.1, 0.15) is 61.8 Å². The first-order chi connectivity index (χ1) is 17.1. The standard InChI is InChI=1S/C30H30F2N2O/c1-3-5-6-22-10-17-27-23(19-22)20-29(31)28(30(27)32)18-9-21-7-11-24(12-8-21)33-34-25-13-15-26(16-14-25)35-4-2/h7-8,11-16,20,22H,3-6,10,17,19H2,1-2H3. The van der Waals surface area contributed by atoms with Gasteiger partial charge in [0.05, 0.1) is 23.5 Å². The highest BCUT2D eigenvalue weighted by atomic mass is 19.1. The summed E-state index contributed by atoms with van der Waals surface area (Å²) in [5.41, 5.74) is 3.32. The molecule has 3 aromatic carbocycles. The summed E-state index contributed by atoms with van der Waals surface area (Å²) in [4.78, 5) is 0. The highest BCUT2D eigenvalue weighted by Gasteiger charge is 2.24. The van der Waals surface area contributed by atoms with Gasteiger partial charge in [0, 0.05) is 5.56 Å². The van der Waals surface area contributed by atoms with Crippen LogP contribution in [0.3, 0.4) is 0 Å². The minimum Gasteiger partial charge on any atom is -0.494 e. The van der Waals surface area contributed by atoms with E-state index < -0.39 is 11.6 Å². The Bertz CT molecular complexity index is 1240. The maximum atomic E-state index is 15.1. The molecule has 180 valence electrons. The third kappa shape index (κ3) is 6.33. The van der Waals surface area contributed by atoms with Gasteiger partial charge in [-0.15, -0.1) is 0 Å². The Morgan fingerprint density at radius 3 is 2.29 bits per heavy atom. The summed E-state index contributed by atoms with van der Waals surface area (Å²) in [6, 6.07) is 15.9. The number of azo groups is 1. The molecular formula is C30H30F2N2O. The van der Waals surface area contributed by atoms with Gasteiger partial charge in [0.25, 0.3) is 0 Å². The van der Waals surface area contributed by atoms with Gasteiger partial charge < -0.3 is 4.74 Å². The molecule has 0 aromatic heterocycles. The van der Waals surface area contributed by atoms with Gasteiger partial charge in [-0.05, 0) is 97.8 Å².